The molecule has 0 unspecified atom stereocenters. The molecule has 2 fully saturated rings. The first-order chi connectivity index (χ1) is 10.7. The van der Waals surface area contributed by atoms with Gasteiger partial charge in [0, 0.05) is 11.6 Å². The van der Waals surface area contributed by atoms with Gasteiger partial charge in [-0.15, -0.1) is 0 Å². The van der Waals surface area contributed by atoms with Gasteiger partial charge in [-0.05, 0) is 49.8 Å². The van der Waals surface area contributed by atoms with E-state index in [2.05, 4.69) is 5.32 Å². The van der Waals surface area contributed by atoms with E-state index in [4.69, 9.17) is 21.1 Å². The molecule has 120 valence electrons. The predicted molar refractivity (Wildman–Crippen MR) is 84.9 cm³/mol. The van der Waals surface area contributed by atoms with Crippen molar-refractivity contribution in [2.24, 2.45) is 0 Å². The first kappa shape index (κ1) is 15.8. The van der Waals surface area contributed by atoms with Crippen molar-refractivity contribution in [2.45, 2.75) is 43.7 Å². The van der Waals surface area contributed by atoms with Gasteiger partial charge in [0.15, 0.2) is 0 Å². The maximum absolute atomic E-state index is 12.2. The summed E-state index contributed by atoms with van der Waals surface area (Å²) in [5.41, 5.74) is 0.880. The van der Waals surface area contributed by atoms with Gasteiger partial charge in [-0.1, -0.05) is 23.7 Å². The minimum atomic E-state index is -0.241. The van der Waals surface area contributed by atoms with Crippen molar-refractivity contribution in [3.8, 4) is 0 Å². The van der Waals surface area contributed by atoms with Crippen molar-refractivity contribution in [2.75, 3.05) is 19.8 Å². The van der Waals surface area contributed by atoms with E-state index in [-0.39, 0.29) is 24.2 Å². The molecule has 1 saturated heterocycles. The largest absolute Gasteiger partial charge is 0.376 e. The van der Waals surface area contributed by atoms with Crippen molar-refractivity contribution < 1.29 is 14.3 Å². The summed E-state index contributed by atoms with van der Waals surface area (Å²) in [7, 11) is 0. The highest BCUT2D eigenvalue weighted by Crippen LogP contribution is 2.41. The van der Waals surface area contributed by atoms with E-state index >= 15 is 0 Å². The molecule has 1 aliphatic heterocycles. The van der Waals surface area contributed by atoms with E-state index in [0.717, 1.165) is 44.3 Å². The van der Waals surface area contributed by atoms with Crippen LogP contribution in [0, 0.1) is 0 Å². The average Bonchev–Trinajstić information content (AvgIpc) is 2.97. The Morgan fingerprint density at radius 1 is 1.32 bits per heavy atom. The number of carbonyl (C=O) groups is 1. The summed E-state index contributed by atoms with van der Waals surface area (Å²) in [5, 5.41) is 3.86. The minimum absolute atomic E-state index is 0.0624. The number of amides is 1. The summed E-state index contributed by atoms with van der Waals surface area (Å²) in [6.07, 6.45) is 5.32. The van der Waals surface area contributed by atoms with Crippen LogP contribution in [-0.4, -0.2) is 31.8 Å². The Labute approximate surface area is 136 Å². The molecule has 1 saturated carbocycles. The second-order valence-electron chi connectivity index (χ2n) is 6.14. The highest BCUT2D eigenvalue weighted by molar-refractivity contribution is 6.30. The van der Waals surface area contributed by atoms with Gasteiger partial charge in [0.2, 0.25) is 5.91 Å². The Morgan fingerprint density at radius 2 is 2.09 bits per heavy atom. The van der Waals surface area contributed by atoms with Crippen LogP contribution in [0.1, 0.15) is 37.7 Å². The van der Waals surface area contributed by atoms with Crippen molar-refractivity contribution in [3.63, 3.8) is 0 Å². The lowest BCUT2D eigenvalue weighted by Crippen LogP contribution is -2.51. The molecule has 0 radical (unpaired) electrons. The van der Waals surface area contributed by atoms with Crippen molar-refractivity contribution in [3.05, 3.63) is 34.9 Å². The van der Waals surface area contributed by atoms with Crippen LogP contribution in [0.25, 0.3) is 0 Å². The zero-order valence-electron chi connectivity index (χ0n) is 12.6. The molecule has 1 aromatic rings. The highest BCUT2D eigenvalue weighted by Gasteiger charge is 2.39. The van der Waals surface area contributed by atoms with Crippen LogP contribution in [0.2, 0.25) is 5.02 Å². The summed E-state index contributed by atoms with van der Waals surface area (Å²) < 4.78 is 11.0. The Morgan fingerprint density at radius 3 is 2.68 bits per heavy atom. The van der Waals surface area contributed by atoms with Crippen LogP contribution in [0.5, 0.6) is 0 Å². The van der Waals surface area contributed by atoms with Gasteiger partial charge in [-0.25, -0.2) is 0 Å². The van der Waals surface area contributed by atoms with Crippen molar-refractivity contribution in [1.82, 2.24) is 5.32 Å². The fraction of sp³-hybridized carbons (Fsp3) is 0.588. The Kier molecular flexibility index (Phi) is 5.01. The van der Waals surface area contributed by atoms with Gasteiger partial charge in [-0.2, -0.15) is 0 Å². The quantitative estimate of drug-likeness (QED) is 0.875. The van der Waals surface area contributed by atoms with Crippen LogP contribution < -0.4 is 5.32 Å². The monoisotopic (exact) mass is 323 g/mol. The molecular weight excluding hydrogens is 302 g/mol. The zero-order chi connectivity index (χ0) is 15.4. The first-order valence-corrected chi connectivity index (χ1v) is 8.32. The molecule has 22 heavy (non-hydrogen) atoms. The maximum atomic E-state index is 12.2. The molecule has 1 N–H and O–H groups in total. The molecular formula is C17H22ClNO3. The number of hydrogen-bond donors (Lipinski definition) is 1. The Balaban J connectivity index is 1.51. The van der Waals surface area contributed by atoms with Crippen LogP contribution in [0.15, 0.2) is 24.3 Å². The molecule has 1 heterocycles. The van der Waals surface area contributed by atoms with Gasteiger partial charge in [0.1, 0.15) is 6.61 Å². The van der Waals surface area contributed by atoms with E-state index in [0.29, 0.717) is 11.6 Å². The van der Waals surface area contributed by atoms with E-state index in [1.807, 2.05) is 24.3 Å². The van der Waals surface area contributed by atoms with E-state index in [1.54, 1.807) is 0 Å². The Bertz CT molecular complexity index is 507. The third-order valence-corrected chi connectivity index (χ3v) is 4.80. The van der Waals surface area contributed by atoms with E-state index in [9.17, 15) is 4.79 Å². The molecule has 0 aromatic heterocycles. The molecule has 0 bridgehead atoms. The molecule has 1 amide bonds. The standard InChI is InChI=1S/C17H22ClNO3/c18-14-6-4-13(5-7-14)17(8-2-9-17)19-16(20)12-21-11-15-3-1-10-22-15/h4-7,15H,1-3,8-12H2,(H,19,20)/t15-/m1/s1. The second kappa shape index (κ2) is 6.99. The van der Waals surface area contributed by atoms with Crippen molar-refractivity contribution >= 4 is 17.5 Å². The molecule has 0 spiro atoms. The van der Waals surface area contributed by atoms with E-state index < -0.39 is 0 Å². The highest BCUT2D eigenvalue weighted by atomic mass is 35.5. The first-order valence-electron chi connectivity index (χ1n) is 7.94. The lowest BCUT2D eigenvalue weighted by atomic mass is 9.72. The van der Waals surface area contributed by atoms with Crippen molar-refractivity contribution in [1.29, 1.82) is 0 Å². The summed E-state index contributed by atoms with van der Waals surface area (Å²) in [5.74, 6) is -0.0624. The van der Waals surface area contributed by atoms with Gasteiger partial charge >= 0.3 is 0 Å². The number of nitrogens with one attached hydrogen (secondary N) is 1. The molecule has 3 rings (SSSR count). The van der Waals surface area contributed by atoms with Gasteiger partial charge in [0.25, 0.3) is 0 Å². The number of ether oxygens (including phenoxy) is 2. The van der Waals surface area contributed by atoms with Crippen LogP contribution in [-0.2, 0) is 19.8 Å². The van der Waals surface area contributed by atoms with E-state index in [1.165, 1.54) is 0 Å². The summed E-state index contributed by atoms with van der Waals surface area (Å²) in [6, 6.07) is 7.73. The molecule has 4 nitrogen and oxygen atoms in total. The van der Waals surface area contributed by atoms with Crippen LogP contribution in [0.3, 0.4) is 0 Å². The maximum Gasteiger partial charge on any atom is 0.246 e. The molecule has 1 atom stereocenters. The summed E-state index contributed by atoms with van der Waals surface area (Å²) >= 11 is 5.94. The van der Waals surface area contributed by atoms with Crippen LogP contribution in [0.4, 0.5) is 0 Å². The minimum Gasteiger partial charge on any atom is -0.376 e. The zero-order valence-corrected chi connectivity index (χ0v) is 13.4. The summed E-state index contributed by atoms with van der Waals surface area (Å²) in [6.45, 7) is 1.40. The smallest absolute Gasteiger partial charge is 0.246 e. The van der Waals surface area contributed by atoms with Gasteiger partial charge < -0.3 is 14.8 Å². The molecule has 5 heteroatoms. The fourth-order valence-corrected chi connectivity index (χ4v) is 3.27. The number of halogens is 1. The number of carbonyl (C=O) groups excluding carboxylic acids is 1. The predicted octanol–water partition coefficient (Wildman–Crippen LogP) is 3.03. The average molecular weight is 324 g/mol. The van der Waals surface area contributed by atoms with Gasteiger partial charge in [-0.3, -0.25) is 4.79 Å². The van der Waals surface area contributed by atoms with Crippen LogP contribution >= 0.6 is 11.6 Å². The number of rotatable bonds is 6. The lowest BCUT2D eigenvalue weighted by molar-refractivity contribution is -0.130. The molecule has 1 aliphatic carbocycles. The number of hydrogen-bond acceptors (Lipinski definition) is 3. The SMILES string of the molecule is O=C(COC[C@H]1CCCO1)NC1(c2ccc(Cl)cc2)CCC1. The fourth-order valence-electron chi connectivity index (χ4n) is 3.15. The van der Waals surface area contributed by atoms with Gasteiger partial charge in [0.05, 0.1) is 18.2 Å². The molecule has 1 aromatic carbocycles. The topological polar surface area (TPSA) is 47.6 Å². The summed E-state index contributed by atoms with van der Waals surface area (Å²) in [4.78, 5) is 12.2. The lowest BCUT2D eigenvalue weighted by Gasteiger charge is -2.43. The third-order valence-electron chi connectivity index (χ3n) is 4.54. The normalized spacial score (nSPS) is 23.0. The number of benzene rings is 1. The Hall–Kier alpha value is -1.10. The molecule has 2 aliphatic rings. The second-order valence-corrected chi connectivity index (χ2v) is 6.58. The third kappa shape index (κ3) is 3.62.